The number of nitrogen functional groups attached to an aromatic ring is 1. The summed E-state index contributed by atoms with van der Waals surface area (Å²) in [6.07, 6.45) is 8.69. The van der Waals surface area contributed by atoms with Gasteiger partial charge >= 0.3 is 0 Å². The van der Waals surface area contributed by atoms with E-state index < -0.39 is 0 Å². The molecule has 10 heteroatoms. The fourth-order valence-electron chi connectivity index (χ4n) is 5.53. The van der Waals surface area contributed by atoms with Gasteiger partial charge in [-0.1, -0.05) is 17.7 Å². The summed E-state index contributed by atoms with van der Waals surface area (Å²) in [7, 11) is 1.49. The van der Waals surface area contributed by atoms with Crippen molar-refractivity contribution in [2.45, 2.75) is 25.4 Å². The first-order valence-electron chi connectivity index (χ1n) is 13.2. The zero-order valence-electron chi connectivity index (χ0n) is 21.7. The summed E-state index contributed by atoms with van der Waals surface area (Å²) in [6.45, 7) is 5.63. The summed E-state index contributed by atoms with van der Waals surface area (Å²) in [5, 5.41) is 3.25. The standard InChI is InChI=1S/C28H35ClN4O5/c1-36-25-14-24(30)23(29)13-22(25)27(34)31-15-20-17-32(10-12-37-20)16-18-5-8-33(9-6-18)28(35)21-4-2-3-19-7-11-38-26(19)21/h2,4,7,13-14,18,20H,3,5-6,8-12,15-17,30H2,1H3,(H,31,34). The molecule has 1 aromatic carbocycles. The molecule has 38 heavy (non-hydrogen) atoms. The quantitative estimate of drug-likeness (QED) is 0.510. The highest BCUT2D eigenvalue weighted by molar-refractivity contribution is 6.33. The molecule has 9 nitrogen and oxygen atoms in total. The summed E-state index contributed by atoms with van der Waals surface area (Å²) in [4.78, 5) is 30.3. The molecular weight excluding hydrogens is 508 g/mol. The number of anilines is 1. The maximum absolute atomic E-state index is 13.2. The molecule has 1 unspecified atom stereocenters. The second kappa shape index (κ2) is 11.8. The second-order valence-corrected chi connectivity index (χ2v) is 10.6. The maximum atomic E-state index is 13.2. The number of hydrogen-bond acceptors (Lipinski definition) is 7. The van der Waals surface area contributed by atoms with Crippen molar-refractivity contribution in [3.8, 4) is 5.75 Å². The van der Waals surface area contributed by atoms with Gasteiger partial charge in [-0.2, -0.15) is 0 Å². The highest BCUT2D eigenvalue weighted by Gasteiger charge is 2.31. The lowest BCUT2D eigenvalue weighted by atomic mass is 9.94. The van der Waals surface area contributed by atoms with Crippen LogP contribution >= 0.6 is 11.6 Å². The van der Waals surface area contributed by atoms with E-state index >= 15 is 0 Å². The van der Waals surface area contributed by atoms with Gasteiger partial charge in [0.15, 0.2) is 0 Å². The number of nitrogens with zero attached hydrogens (tertiary/aromatic N) is 2. The van der Waals surface area contributed by atoms with E-state index in [1.807, 2.05) is 17.1 Å². The molecule has 0 aromatic heterocycles. The van der Waals surface area contributed by atoms with Crippen molar-refractivity contribution < 1.29 is 23.8 Å². The maximum Gasteiger partial charge on any atom is 0.257 e. The molecule has 0 radical (unpaired) electrons. The molecule has 3 aliphatic heterocycles. The Morgan fingerprint density at radius 3 is 2.84 bits per heavy atom. The lowest BCUT2D eigenvalue weighted by Gasteiger charge is -2.38. The third-order valence-electron chi connectivity index (χ3n) is 7.64. The zero-order chi connectivity index (χ0) is 26.6. The Hall–Kier alpha value is -3.01. The Bertz CT molecular complexity index is 1170. The second-order valence-electron chi connectivity index (χ2n) is 10.2. The van der Waals surface area contributed by atoms with E-state index in [-0.39, 0.29) is 17.9 Å². The third kappa shape index (κ3) is 5.85. The fraction of sp³-hybridized carbons (Fsp3) is 0.500. The van der Waals surface area contributed by atoms with Gasteiger partial charge in [0, 0.05) is 45.3 Å². The monoisotopic (exact) mass is 542 g/mol. The number of ether oxygens (including phenoxy) is 3. The predicted octanol–water partition coefficient (Wildman–Crippen LogP) is 2.77. The highest BCUT2D eigenvalue weighted by atomic mass is 35.5. The van der Waals surface area contributed by atoms with Crippen molar-refractivity contribution >= 4 is 29.1 Å². The minimum atomic E-state index is -0.282. The Kier molecular flexibility index (Phi) is 8.26. The smallest absolute Gasteiger partial charge is 0.257 e. The van der Waals surface area contributed by atoms with Crippen molar-refractivity contribution in [2.75, 3.05) is 65.3 Å². The third-order valence-corrected chi connectivity index (χ3v) is 7.97. The Morgan fingerprint density at radius 2 is 2.05 bits per heavy atom. The molecular formula is C28H35ClN4O5. The largest absolute Gasteiger partial charge is 0.496 e. The fourth-order valence-corrected chi connectivity index (χ4v) is 5.69. The number of nitrogens with one attached hydrogen (secondary N) is 1. The number of halogens is 1. The van der Waals surface area contributed by atoms with Crippen LogP contribution in [0.4, 0.5) is 5.69 Å². The molecule has 204 valence electrons. The first-order chi connectivity index (χ1) is 18.4. The van der Waals surface area contributed by atoms with Crippen LogP contribution in [0.2, 0.25) is 5.02 Å². The van der Waals surface area contributed by atoms with E-state index in [0.717, 1.165) is 63.3 Å². The van der Waals surface area contributed by atoms with Gasteiger partial charge in [-0.3, -0.25) is 14.5 Å². The number of allylic oxidation sites excluding steroid dienone is 2. The van der Waals surface area contributed by atoms with Crippen molar-refractivity contribution in [1.29, 1.82) is 0 Å². The molecule has 0 spiro atoms. The number of benzene rings is 1. The van der Waals surface area contributed by atoms with Crippen LogP contribution in [0.5, 0.6) is 5.75 Å². The lowest BCUT2D eigenvalue weighted by Crippen LogP contribution is -2.50. The van der Waals surface area contributed by atoms with E-state index in [4.69, 9.17) is 31.5 Å². The molecule has 0 bridgehead atoms. The number of nitrogens with two attached hydrogens (primary N) is 1. The number of carbonyl (C=O) groups is 2. The first-order valence-corrected chi connectivity index (χ1v) is 13.6. The summed E-state index contributed by atoms with van der Waals surface area (Å²) < 4.78 is 16.9. The van der Waals surface area contributed by atoms with Crippen molar-refractivity contribution in [3.63, 3.8) is 0 Å². The van der Waals surface area contributed by atoms with Gasteiger partial charge in [-0.15, -0.1) is 0 Å². The molecule has 4 aliphatic rings. The summed E-state index contributed by atoms with van der Waals surface area (Å²) in [5.74, 6) is 1.46. The first kappa shape index (κ1) is 26.6. The topological polar surface area (TPSA) is 106 Å². The number of methoxy groups -OCH3 is 1. The van der Waals surface area contributed by atoms with Crippen LogP contribution in [0.3, 0.4) is 0 Å². The van der Waals surface area contributed by atoms with Crippen LogP contribution in [-0.4, -0.2) is 87.3 Å². The summed E-state index contributed by atoms with van der Waals surface area (Å²) in [5.41, 5.74) is 8.34. The number of morpholine rings is 1. The van der Waals surface area contributed by atoms with Gasteiger partial charge in [0.05, 0.1) is 41.7 Å². The van der Waals surface area contributed by atoms with E-state index in [0.29, 0.717) is 53.3 Å². The van der Waals surface area contributed by atoms with Crippen LogP contribution < -0.4 is 15.8 Å². The SMILES string of the molecule is COc1cc(N)c(Cl)cc1C(=O)NCC1CN(CC2CCN(C(=O)C3=C4OCC=C4CC=C3)CC2)CCO1. The van der Waals surface area contributed by atoms with E-state index in [2.05, 4.69) is 16.3 Å². The minimum absolute atomic E-state index is 0.0726. The normalized spacial score (nSPS) is 22.1. The number of rotatable bonds is 7. The lowest BCUT2D eigenvalue weighted by molar-refractivity contribution is -0.128. The molecule has 2 amide bonds. The Labute approximate surface area is 228 Å². The van der Waals surface area contributed by atoms with Crippen LogP contribution in [-0.2, 0) is 14.3 Å². The number of hydrogen-bond donors (Lipinski definition) is 2. The van der Waals surface area contributed by atoms with Crippen molar-refractivity contribution in [3.05, 3.63) is 57.9 Å². The van der Waals surface area contributed by atoms with E-state index in [1.165, 1.54) is 13.2 Å². The van der Waals surface area contributed by atoms with E-state index in [1.54, 1.807) is 6.07 Å². The predicted molar refractivity (Wildman–Crippen MR) is 145 cm³/mol. The van der Waals surface area contributed by atoms with Crippen molar-refractivity contribution in [1.82, 2.24) is 15.1 Å². The van der Waals surface area contributed by atoms with Crippen LogP contribution in [0.15, 0.2) is 47.3 Å². The molecule has 2 saturated heterocycles. The number of amides is 2. The molecule has 1 aromatic rings. The number of fused-ring (bicyclic) bond motifs is 1. The van der Waals surface area contributed by atoms with Gasteiger partial charge in [0.2, 0.25) is 0 Å². The molecule has 2 fully saturated rings. The molecule has 1 atom stereocenters. The molecule has 3 heterocycles. The summed E-state index contributed by atoms with van der Waals surface area (Å²) in [6, 6.07) is 3.07. The molecule has 3 N–H and O–H groups in total. The molecule has 1 aliphatic carbocycles. The van der Waals surface area contributed by atoms with Gasteiger partial charge in [0.25, 0.3) is 11.8 Å². The van der Waals surface area contributed by atoms with Gasteiger partial charge in [-0.25, -0.2) is 0 Å². The minimum Gasteiger partial charge on any atom is -0.496 e. The van der Waals surface area contributed by atoms with Crippen LogP contribution in [0.1, 0.15) is 29.6 Å². The average Bonchev–Trinajstić information content (AvgIpc) is 3.42. The average molecular weight is 543 g/mol. The number of likely N-dealkylation sites (tertiary alicyclic amines) is 1. The number of piperidine rings is 1. The molecule has 0 saturated carbocycles. The summed E-state index contributed by atoms with van der Waals surface area (Å²) >= 11 is 6.11. The van der Waals surface area contributed by atoms with Gasteiger partial charge in [0.1, 0.15) is 18.1 Å². The van der Waals surface area contributed by atoms with Gasteiger partial charge < -0.3 is 30.2 Å². The van der Waals surface area contributed by atoms with E-state index in [9.17, 15) is 9.59 Å². The molecule has 5 rings (SSSR count). The zero-order valence-corrected chi connectivity index (χ0v) is 22.5. The Balaban J connectivity index is 1.09. The van der Waals surface area contributed by atoms with Crippen molar-refractivity contribution in [2.24, 2.45) is 5.92 Å². The van der Waals surface area contributed by atoms with Gasteiger partial charge in [-0.05, 0) is 49.0 Å². The van der Waals surface area contributed by atoms with Crippen LogP contribution in [0, 0.1) is 5.92 Å². The number of carbonyl (C=O) groups excluding carboxylic acids is 2. The van der Waals surface area contributed by atoms with Crippen LogP contribution in [0.25, 0.3) is 0 Å². The Morgan fingerprint density at radius 1 is 1.24 bits per heavy atom. The highest BCUT2D eigenvalue weighted by Crippen LogP contribution is 2.32.